The second-order valence-corrected chi connectivity index (χ2v) is 6.50. The van der Waals surface area contributed by atoms with Crippen molar-refractivity contribution in [3.63, 3.8) is 0 Å². The van der Waals surface area contributed by atoms with E-state index >= 15 is 0 Å². The van der Waals surface area contributed by atoms with Crippen molar-refractivity contribution in [2.24, 2.45) is 0 Å². The first-order chi connectivity index (χ1) is 14.0. The molecule has 8 heteroatoms. The summed E-state index contributed by atoms with van der Waals surface area (Å²) < 4.78 is 30.3. The number of nitrogens with zero attached hydrogens (tertiary/aromatic N) is 1. The molecule has 2 aliphatic rings. The minimum Gasteiger partial charge on any atom is -0.463 e. The fourth-order valence-electron chi connectivity index (χ4n) is 3.49. The van der Waals surface area contributed by atoms with Gasteiger partial charge in [-0.25, -0.2) is 14.0 Å². The maximum atomic E-state index is 14.5. The average molecular weight is 398 g/mol. The zero-order valence-electron chi connectivity index (χ0n) is 15.9. The fraction of sp³-hybridized carbons (Fsp3) is 0.238. The van der Waals surface area contributed by atoms with Crippen molar-refractivity contribution in [1.29, 1.82) is 0 Å². The van der Waals surface area contributed by atoms with Gasteiger partial charge in [-0.05, 0) is 32.0 Å². The molecule has 0 spiro atoms. The Morgan fingerprint density at radius 1 is 1.24 bits per heavy atom. The largest absolute Gasteiger partial charge is 0.463 e. The van der Waals surface area contributed by atoms with Gasteiger partial charge in [0.05, 0.1) is 23.9 Å². The number of hydrogen-bond acceptors (Lipinski definition) is 5. The van der Waals surface area contributed by atoms with Crippen molar-refractivity contribution < 1.29 is 28.2 Å². The van der Waals surface area contributed by atoms with Gasteiger partial charge in [0.1, 0.15) is 5.82 Å². The summed E-state index contributed by atoms with van der Waals surface area (Å²) in [4.78, 5) is 27.0. The number of urea groups is 1. The Morgan fingerprint density at radius 3 is 2.76 bits per heavy atom. The number of esters is 1. The molecule has 1 atom stereocenters. The molecule has 0 bridgehead atoms. The van der Waals surface area contributed by atoms with E-state index in [0.29, 0.717) is 22.9 Å². The molecule has 2 aromatic rings. The highest BCUT2D eigenvalue weighted by Crippen LogP contribution is 2.39. The van der Waals surface area contributed by atoms with E-state index in [-0.39, 0.29) is 24.5 Å². The summed E-state index contributed by atoms with van der Waals surface area (Å²) in [7, 11) is 0. The van der Waals surface area contributed by atoms with Crippen LogP contribution < -0.4 is 19.7 Å². The molecule has 2 aliphatic heterocycles. The number of nitrogens with one attached hydrogen (secondary N) is 1. The predicted molar refractivity (Wildman–Crippen MR) is 102 cm³/mol. The number of halogens is 1. The highest BCUT2D eigenvalue weighted by molar-refractivity contribution is 6.03. The number of ether oxygens (including phenoxy) is 3. The van der Waals surface area contributed by atoms with Gasteiger partial charge in [-0.3, -0.25) is 4.90 Å². The molecule has 7 nitrogen and oxygen atoms in total. The van der Waals surface area contributed by atoms with E-state index in [0.717, 1.165) is 0 Å². The summed E-state index contributed by atoms with van der Waals surface area (Å²) in [5.41, 5.74) is 1.18. The summed E-state index contributed by atoms with van der Waals surface area (Å²) in [6.07, 6.45) is 0. The normalized spacial score (nSPS) is 18.0. The molecule has 0 aromatic heterocycles. The first kappa shape index (κ1) is 18.8. The molecule has 150 valence electrons. The number of fused-ring (bicyclic) bond motifs is 1. The van der Waals surface area contributed by atoms with Gasteiger partial charge >= 0.3 is 12.0 Å². The number of anilines is 1. The van der Waals surface area contributed by atoms with Gasteiger partial charge in [0.15, 0.2) is 11.5 Å². The van der Waals surface area contributed by atoms with Crippen molar-refractivity contribution in [3.8, 4) is 11.5 Å². The van der Waals surface area contributed by atoms with Crippen LogP contribution in [0.4, 0.5) is 14.9 Å². The predicted octanol–water partition coefficient (Wildman–Crippen LogP) is 3.66. The van der Waals surface area contributed by atoms with Crippen LogP contribution in [0, 0.1) is 5.82 Å². The molecule has 4 rings (SSSR count). The highest BCUT2D eigenvalue weighted by Gasteiger charge is 2.38. The SMILES string of the molecule is CCOC(=O)C1=C(C)N(c2ccc3c(c2)OCO3)C(=O)NC1c1ccccc1F. The van der Waals surface area contributed by atoms with E-state index in [9.17, 15) is 14.0 Å². The van der Waals surface area contributed by atoms with Crippen LogP contribution in [0.25, 0.3) is 0 Å². The van der Waals surface area contributed by atoms with Crippen molar-refractivity contribution >= 4 is 17.7 Å². The topological polar surface area (TPSA) is 77.1 Å². The Bertz CT molecular complexity index is 1020. The minimum atomic E-state index is -0.965. The lowest BCUT2D eigenvalue weighted by molar-refractivity contribution is -0.139. The molecular weight excluding hydrogens is 379 g/mol. The summed E-state index contributed by atoms with van der Waals surface area (Å²) in [5.74, 6) is -0.0763. The number of hydrogen-bond donors (Lipinski definition) is 1. The minimum absolute atomic E-state index is 0.100. The van der Waals surface area contributed by atoms with Crippen LogP contribution in [0.1, 0.15) is 25.5 Å². The molecule has 0 radical (unpaired) electrons. The lowest BCUT2D eigenvalue weighted by Crippen LogP contribution is -2.48. The van der Waals surface area contributed by atoms with Crippen LogP contribution in [0.5, 0.6) is 11.5 Å². The third kappa shape index (κ3) is 3.26. The third-order valence-corrected chi connectivity index (χ3v) is 4.81. The fourth-order valence-corrected chi connectivity index (χ4v) is 3.49. The Kier molecular flexibility index (Phi) is 4.84. The maximum absolute atomic E-state index is 14.5. The van der Waals surface area contributed by atoms with Crippen LogP contribution in [0.3, 0.4) is 0 Å². The molecule has 2 aromatic carbocycles. The lowest BCUT2D eigenvalue weighted by Gasteiger charge is -2.35. The summed E-state index contributed by atoms with van der Waals surface area (Å²) in [6.45, 7) is 3.56. The van der Waals surface area contributed by atoms with E-state index in [1.54, 1.807) is 44.2 Å². The average Bonchev–Trinajstić information content (AvgIpc) is 3.16. The van der Waals surface area contributed by atoms with E-state index < -0.39 is 23.9 Å². The van der Waals surface area contributed by atoms with E-state index in [1.165, 1.54) is 17.0 Å². The Morgan fingerprint density at radius 2 is 2.00 bits per heavy atom. The zero-order chi connectivity index (χ0) is 20.5. The van der Waals surface area contributed by atoms with Crippen LogP contribution in [-0.2, 0) is 9.53 Å². The summed E-state index contributed by atoms with van der Waals surface area (Å²) in [5, 5.41) is 2.73. The third-order valence-electron chi connectivity index (χ3n) is 4.81. The number of benzene rings is 2. The molecule has 0 aliphatic carbocycles. The van der Waals surface area contributed by atoms with E-state index in [2.05, 4.69) is 5.32 Å². The quantitative estimate of drug-likeness (QED) is 0.796. The monoisotopic (exact) mass is 398 g/mol. The first-order valence-corrected chi connectivity index (χ1v) is 9.13. The number of carbonyl (C=O) groups excluding carboxylic acids is 2. The molecule has 1 N–H and O–H groups in total. The van der Waals surface area contributed by atoms with Crippen LogP contribution in [0.2, 0.25) is 0 Å². The molecule has 29 heavy (non-hydrogen) atoms. The van der Waals surface area contributed by atoms with Gasteiger partial charge in [-0.15, -0.1) is 0 Å². The smallest absolute Gasteiger partial charge is 0.338 e. The van der Waals surface area contributed by atoms with Gasteiger partial charge in [0.25, 0.3) is 0 Å². The molecule has 0 saturated carbocycles. The molecule has 2 heterocycles. The molecular formula is C21H19FN2O5. The van der Waals surface area contributed by atoms with Crippen LogP contribution >= 0.6 is 0 Å². The number of carbonyl (C=O) groups is 2. The van der Waals surface area contributed by atoms with Gasteiger partial charge in [0, 0.05) is 17.3 Å². The van der Waals surface area contributed by atoms with Crippen molar-refractivity contribution in [3.05, 3.63) is 65.1 Å². The number of amides is 2. The number of allylic oxidation sites excluding steroid dienone is 1. The van der Waals surface area contributed by atoms with E-state index in [4.69, 9.17) is 14.2 Å². The van der Waals surface area contributed by atoms with Gasteiger partial charge in [-0.2, -0.15) is 0 Å². The van der Waals surface area contributed by atoms with Crippen LogP contribution in [-0.4, -0.2) is 25.4 Å². The first-order valence-electron chi connectivity index (χ1n) is 9.13. The standard InChI is InChI=1S/C21H19FN2O5/c1-3-27-20(25)18-12(2)24(13-8-9-16-17(10-13)29-11-28-16)21(26)23-19(18)14-6-4-5-7-15(14)22/h4-10,19H,3,11H2,1-2H3,(H,23,26). The van der Waals surface area contributed by atoms with Gasteiger partial charge in [0.2, 0.25) is 6.79 Å². The molecule has 0 fully saturated rings. The highest BCUT2D eigenvalue weighted by atomic mass is 19.1. The lowest BCUT2D eigenvalue weighted by atomic mass is 9.94. The molecule has 1 unspecified atom stereocenters. The zero-order valence-corrected chi connectivity index (χ0v) is 15.9. The second kappa shape index (κ2) is 7.46. The van der Waals surface area contributed by atoms with Crippen molar-refractivity contribution in [2.45, 2.75) is 19.9 Å². The summed E-state index contributed by atoms with van der Waals surface area (Å²) in [6, 6.07) is 9.56. The molecule has 2 amide bonds. The van der Waals surface area contributed by atoms with Gasteiger partial charge in [-0.1, -0.05) is 18.2 Å². The van der Waals surface area contributed by atoms with E-state index in [1.807, 2.05) is 0 Å². The molecule has 0 saturated heterocycles. The Hall–Kier alpha value is -3.55. The van der Waals surface area contributed by atoms with Gasteiger partial charge < -0.3 is 19.5 Å². The Balaban J connectivity index is 1.83. The maximum Gasteiger partial charge on any atom is 0.338 e. The number of rotatable bonds is 4. The summed E-state index contributed by atoms with van der Waals surface area (Å²) >= 11 is 0. The van der Waals surface area contributed by atoms with Crippen molar-refractivity contribution in [1.82, 2.24) is 5.32 Å². The van der Waals surface area contributed by atoms with Crippen LogP contribution in [0.15, 0.2) is 53.7 Å². The van der Waals surface area contributed by atoms with Crippen molar-refractivity contribution in [2.75, 3.05) is 18.3 Å². The Labute approximate surface area is 166 Å². The second-order valence-electron chi connectivity index (χ2n) is 6.50.